The van der Waals surface area contributed by atoms with Gasteiger partial charge in [-0.15, -0.1) is 0 Å². The Bertz CT molecular complexity index is 233. The van der Waals surface area contributed by atoms with Crippen molar-refractivity contribution in [3.63, 3.8) is 0 Å². The number of likely N-dealkylation sites (N-methyl/N-ethyl adjacent to an activating group) is 1. The molecule has 0 aliphatic carbocycles. The summed E-state index contributed by atoms with van der Waals surface area (Å²) in [6.07, 6.45) is 6.00. The van der Waals surface area contributed by atoms with Gasteiger partial charge >= 0.3 is 5.97 Å². The van der Waals surface area contributed by atoms with Crippen molar-refractivity contribution in [2.45, 2.75) is 71.4 Å². The van der Waals surface area contributed by atoms with Crippen molar-refractivity contribution in [1.29, 1.82) is 0 Å². The second-order valence-electron chi connectivity index (χ2n) is 5.14. The molecule has 0 heterocycles. The number of ether oxygens (including phenoxy) is 1. The minimum Gasteiger partial charge on any atom is -0.480 e. The van der Waals surface area contributed by atoms with Gasteiger partial charge in [0.05, 0.1) is 12.7 Å². The van der Waals surface area contributed by atoms with Crippen LogP contribution in [0.3, 0.4) is 0 Å². The number of nitrogens with one attached hydrogen (secondary N) is 1. The van der Waals surface area contributed by atoms with E-state index in [1.807, 2.05) is 13.8 Å². The highest BCUT2D eigenvalue weighted by Gasteiger charge is 2.32. The van der Waals surface area contributed by atoms with Gasteiger partial charge < -0.3 is 15.2 Å². The van der Waals surface area contributed by atoms with Crippen molar-refractivity contribution in [3.8, 4) is 0 Å². The summed E-state index contributed by atoms with van der Waals surface area (Å²) in [6, 6.07) is 0. The van der Waals surface area contributed by atoms with Crippen LogP contribution >= 0.6 is 0 Å². The number of hydrogen-bond donors (Lipinski definition) is 2. The fourth-order valence-corrected chi connectivity index (χ4v) is 1.83. The Kier molecular flexibility index (Phi) is 9.02. The normalized spacial score (nSPS) is 16.2. The Morgan fingerprint density at radius 2 is 2.00 bits per heavy atom. The predicted octanol–water partition coefficient (Wildman–Crippen LogP) is 2.81. The molecular weight excluding hydrogens is 230 g/mol. The zero-order valence-electron chi connectivity index (χ0n) is 12.3. The maximum Gasteiger partial charge on any atom is 0.326 e. The molecule has 0 radical (unpaired) electrons. The zero-order chi connectivity index (χ0) is 14.0. The van der Waals surface area contributed by atoms with Gasteiger partial charge in [0, 0.05) is 0 Å². The van der Waals surface area contributed by atoms with Crippen molar-refractivity contribution < 1.29 is 14.6 Å². The summed E-state index contributed by atoms with van der Waals surface area (Å²) in [5, 5.41) is 12.1. The average Bonchev–Trinajstić information content (AvgIpc) is 2.32. The van der Waals surface area contributed by atoms with Crippen LogP contribution in [-0.2, 0) is 9.53 Å². The quantitative estimate of drug-likeness (QED) is 0.560. The fraction of sp³-hybridized carbons (Fsp3) is 0.929. The Hall–Kier alpha value is -0.610. The van der Waals surface area contributed by atoms with E-state index in [4.69, 9.17) is 4.74 Å². The molecule has 0 bridgehead atoms. The first kappa shape index (κ1) is 17.4. The maximum absolute atomic E-state index is 11.2. The molecule has 0 saturated heterocycles. The third-order valence-corrected chi connectivity index (χ3v) is 3.16. The highest BCUT2D eigenvalue weighted by molar-refractivity contribution is 5.78. The average molecular weight is 259 g/mol. The molecule has 108 valence electrons. The van der Waals surface area contributed by atoms with Crippen LogP contribution in [0.2, 0.25) is 0 Å². The molecule has 0 aromatic heterocycles. The molecule has 0 saturated carbocycles. The van der Waals surface area contributed by atoms with Crippen LogP contribution in [0.15, 0.2) is 0 Å². The molecule has 0 aliphatic heterocycles. The van der Waals surface area contributed by atoms with E-state index in [9.17, 15) is 9.90 Å². The van der Waals surface area contributed by atoms with Crippen molar-refractivity contribution in [2.24, 2.45) is 0 Å². The molecule has 0 aromatic carbocycles. The minimum atomic E-state index is -0.980. The number of carboxylic acids is 1. The van der Waals surface area contributed by atoms with E-state index >= 15 is 0 Å². The molecule has 0 rings (SSSR count). The summed E-state index contributed by atoms with van der Waals surface area (Å²) < 4.78 is 5.66. The van der Waals surface area contributed by atoms with E-state index in [2.05, 4.69) is 12.2 Å². The first-order valence-corrected chi connectivity index (χ1v) is 7.06. The highest BCUT2D eigenvalue weighted by Crippen LogP contribution is 2.11. The summed E-state index contributed by atoms with van der Waals surface area (Å²) >= 11 is 0. The number of aliphatic carboxylic acids is 1. The molecule has 2 atom stereocenters. The molecule has 0 fully saturated rings. The van der Waals surface area contributed by atoms with Gasteiger partial charge in [0.1, 0.15) is 5.54 Å². The van der Waals surface area contributed by atoms with Crippen LogP contribution in [0.1, 0.15) is 59.8 Å². The van der Waals surface area contributed by atoms with E-state index in [-0.39, 0.29) is 12.7 Å². The van der Waals surface area contributed by atoms with Crippen LogP contribution < -0.4 is 5.32 Å². The van der Waals surface area contributed by atoms with Crippen molar-refractivity contribution in [1.82, 2.24) is 5.32 Å². The van der Waals surface area contributed by atoms with E-state index in [0.717, 1.165) is 12.8 Å². The van der Waals surface area contributed by atoms with Crippen LogP contribution in [0.4, 0.5) is 0 Å². The molecule has 2 unspecified atom stereocenters. The number of carbonyl (C=O) groups is 1. The van der Waals surface area contributed by atoms with Crippen LogP contribution in [0.25, 0.3) is 0 Å². The maximum atomic E-state index is 11.2. The summed E-state index contributed by atoms with van der Waals surface area (Å²) in [5.74, 6) is -0.859. The Balaban J connectivity index is 3.93. The Morgan fingerprint density at radius 1 is 1.33 bits per heavy atom. The lowest BCUT2D eigenvalue weighted by atomic mass is 10.0. The standard InChI is InChI=1S/C14H29NO3/c1-5-7-8-9-10-12(3)18-11-14(4,13(16)17)15-6-2/h12,15H,5-11H2,1-4H3,(H,16,17). The molecule has 4 heteroatoms. The van der Waals surface area contributed by atoms with Gasteiger partial charge in [0.25, 0.3) is 0 Å². The van der Waals surface area contributed by atoms with E-state index < -0.39 is 11.5 Å². The molecule has 4 nitrogen and oxygen atoms in total. The molecular formula is C14H29NO3. The molecule has 0 aromatic rings. The predicted molar refractivity (Wildman–Crippen MR) is 73.9 cm³/mol. The second-order valence-corrected chi connectivity index (χ2v) is 5.14. The fourth-order valence-electron chi connectivity index (χ4n) is 1.83. The van der Waals surface area contributed by atoms with Crippen LogP contribution in [0, 0.1) is 0 Å². The lowest BCUT2D eigenvalue weighted by molar-refractivity contribution is -0.147. The smallest absolute Gasteiger partial charge is 0.326 e. The summed E-state index contributed by atoms with van der Waals surface area (Å²) in [5.41, 5.74) is -0.980. The van der Waals surface area contributed by atoms with Crippen molar-refractivity contribution in [3.05, 3.63) is 0 Å². The molecule has 18 heavy (non-hydrogen) atoms. The van der Waals surface area contributed by atoms with Gasteiger partial charge in [0.15, 0.2) is 0 Å². The number of unbranched alkanes of at least 4 members (excludes halogenated alkanes) is 3. The van der Waals surface area contributed by atoms with Crippen LogP contribution in [0.5, 0.6) is 0 Å². The zero-order valence-corrected chi connectivity index (χ0v) is 12.3. The lowest BCUT2D eigenvalue weighted by Gasteiger charge is -2.27. The van der Waals surface area contributed by atoms with E-state index in [1.165, 1.54) is 19.3 Å². The number of carboxylic acid groups (broad SMARTS) is 1. The van der Waals surface area contributed by atoms with Gasteiger partial charge in [-0.05, 0) is 26.8 Å². The first-order valence-electron chi connectivity index (χ1n) is 7.06. The Morgan fingerprint density at radius 3 is 2.50 bits per heavy atom. The van der Waals surface area contributed by atoms with E-state index in [0.29, 0.717) is 6.54 Å². The van der Waals surface area contributed by atoms with Crippen molar-refractivity contribution in [2.75, 3.05) is 13.2 Å². The number of rotatable bonds is 11. The molecule has 0 spiro atoms. The summed E-state index contributed by atoms with van der Waals surface area (Å²) in [4.78, 5) is 11.2. The molecule has 2 N–H and O–H groups in total. The van der Waals surface area contributed by atoms with Crippen molar-refractivity contribution >= 4 is 5.97 Å². The lowest BCUT2D eigenvalue weighted by Crippen LogP contribution is -2.53. The minimum absolute atomic E-state index is 0.124. The van der Waals surface area contributed by atoms with Gasteiger partial charge in [0.2, 0.25) is 0 Å². The Labute approximate surface area is 111 Å². The topological polar surface area (TPSA) is 58.6 Å². The van der Waals surface area contributed by atoms with Gasteiger partial charge in [-0.25, -0.2) is 0 Å². The summed E-state index contributed by atoms with van der Waals surface area (Å²) in [6.45, 7) is 8.61. The third kappa shape index (κ3) is 6.97. The van der Waals surface area contributed by atoms with E-state index in [1.54, 1.807) is 6.92 Å². The first-order chi connectivity index (χ1) is 8.46. The second kappa shape index (κ2) is 9.34. The highest BCUT2D eigenvalue weighted by atomic mass is 16.5. The third-order valence-electron chi connectivity index (χ3n) is 3.16. The van der Waals surface area contributed by atoms with Crippen LogP contribution in [-0.4, -0.2) is 35.9 Å². The number of hydrogen-bond acceptors (Lipinski definition) is 3. The largest absolute Gasteiger partial charge is 0.480 e. The SMILES string of the molecule is CCCCCCC(C)OCC(C)(NCC)C(=O)O. The van der Waals surface area contributed by atoms with Gasteiger partial charge in [-0.2, -0.15) is 0 Å². The molecule has 0 amide bonds. The van der Waals surface area contributed by atoms with Gasteiger partial charge in [-0.1, -0.05) is 39.5 Å². The monoisotopic (exact) mass is 259 g/mol. The summed E-state index contributed by atoms with van der Waals surface area (Å²) in [7, 11) is 0. The molecule has 0 aliphatic rings. The van der Waals surface area contributed by atoms with Gasteiger partial charge in [-0.3, -0.25) is 4.79 Å².